The summed E-state index contributed by atoms with van der Waals surface area (Å²) in [5.74, 6) is -0.538. The van der Waals surface area contributed by atoms with E-state index in [0.717, 1.165) is 6.26 Å². The highest BCUT2D eigenvalue weighted by Crippen LogP contribution is 2.26. The number of hydrogen-bond donors (Lipinski definition) is 2. The number of fused-ring (bicyclic) bond motifs is 1. The Hall–Kier alpha value is -2.85. The number of aromatic amines is 1. The molecule has 0 aliphatic carbocycles. The third-order valence-corrected chi connectivity index (χ3v) is 6.47. The second-order valence-electron chi connectivity index (χ2n) is 6.02. The molecule has 0 aliphatic rings. The first-order valence-corrected chi connectivity index (χ1v) is 11.6. The number of carbonyl (C=O) groups is 1. The molecule has 28 heavy (non-hydrogen) atoms. The largest absolute Gasteiger partial charge is 0.461 e. The molecule has 2 N–H and O–H groups in total. The number of hydrogen-bond acceptors (Lipinski definition) is 6. The van der Waals surface area contributed by atoms with E-state index in [1.165, 1.54) is 24.3 Å². The molecule has 0 unspecified atom stereocenters. The maximum atomic E-state index is 12.7. The Labute approximate surface area is 162 Å². The van der Waals surface area contributed by atoms with Crippen molar-refractivity contribution < 1.29 is 26.4 Å². The number of benzene rings is 2. The van der Waals surface area contributed by atoms with E-state index in [0.29, 0.717) is 10.9 Å². The molecule has 0 spiro atoms. The summed E-state index contributed by atoms with van der Waals surface area (Å²) in [5, 5.41) is 0.635. The lowest BCUT2D eigenvalue weighted by molar-refractivity contribution is 0.0520. The monoisotopic (exact) mass is 422 g/mol. The Balaban J connectivity index is 1.96. The number of esters is 1. The third kappa shape index (κ3) is 4.02. The fraction of sp³-hybridized carbons (Fsp3) is 0.167. The van der Waals surface area contributed by atoms with E-state index in [-0.39, 0.29) is 27.8 Å². The van der Waals surface area contributed by atoms with E-state index >= 15 is 0 Å². The summed E-state index contributed by atoms with van der Waals surface area (Å²) in [7, 11) is -7.40. The van der Waals surface area contributed by atoms with Crippen LogP contribution in [0.5, 0.6) is 0 Å². The maximum absolute atomic E-state index is 12.7. The van der Waals surface area contributed by atoms with Crippen molar-refractivity contribution in [1.82, 2.24) is 4.98 Å². The Morgan fingerprint density at radius 2 is 1.68 bits per heavy atom. The fourth-order valence-corrected chi connectivity index (χ4v) is 4.33. The van der Waals surface area contributed by atoms with Crippen LogP contribution < -0.4 is 4.72 Å². The highest BCUT2D eigenvalue weighted by molar-refractivity contribution is 7.92. The van der Waals surface area contributed by atoms with Gasteiger partial charge in [-0.25, -0.2) is 21.6 Å². The number of anilines is 1. The van der Waals surface area contributed by atoms with Crippen molar-refractivity contribution in [1.29, 1.82) is 0 Å². The minimum atomic E-state index is -3.97. The molecule has 0 radical (unpaired) electrons. The molecule has 1 aromatic heterocycles. The van der Waals surface area contributed by atoms with E-state index in [4.69, 9.17) is 4.74 Å². The molecule has 10 heteroatoms. The van der Waals surface area contributed by atoms with Crippen LogP contribution >= 0.6 is 0 Å². The van der Waals surface area contributed by atoms with Crippen molar-refractivity contribution in [2.75, 3.05) is 17.6 Å². The second kappa shape index (κ2) is 7.28. The fourth-order valence-electron chi connectivity index (χ4n) is 2.63. The van der Waals surface area contributed by atoms with E-state index in [9.17, 15) is 21.6 Å². The number of sulfonamides is 1. The summed E-state index contributed by atoms with van der Waals surface area (Å²) in [6.07, 6.45) is 1.04. The molecular formula is C18H18N2O6S2. The van der Waals surface area contributed by atoms with Gasteiger partial charge in [0, 0.05) is 11.6 Å². The van der Waals surface area contributed by atoms with Crippen LogP contribution in [0.3, 0.4) is 0 Å². The van der Waals surface area contributed by atoms with Crippen LogP contribution in [-0.4, -0.2) is 40.7 Å². The van der Waals surface area contributed by atoms with E-state index < -0.39 is 25.8 Å². The van der Waals surface area contributed by atoms with E-state index in [2.05, 4.69) is 9.71 Å². The normalized spacial score (nSPS) is 12.1. The van der Waals surface area contributed by atoms with E-state index in [1.807, 2.05) is 0 Å². The van der Waals surface area contributed by atoms with Gasteiger partial charge in [0.2, 0.25) is 0 Å². The Morgan fingerprint density at radius 3 is 2.29 bits per heavy atom. The molecule has 0 atom stereocenters. The Morgan fingerprint density at radius 1 is 1.04 bits per heavy atom. The number of sulfone groups is 1. The van der Waals surface area contributed by atoms with Crippen molar-refractivity contribution in [3.05, 3.63) is 54.2 Å². The summed E-state index contributed by atoms with van der Waals surface area (Å²) >= 11 is 0. The van der Waals surface area contributed by atoms with Gasteiger partial charge in [-0.1, -0.05) is 12.1 Å². The topological polar surface area (TPSA) is 122 Å². The van der Waals surface area contributed by atoms with Crippen LogP contribution in [0.2, 0.25) is 0 Å². The highest BCUT2D eigenvalue weighted by Gasteiger charge is 2.19. The van der Waals surface area contributed by atoms with Gasteiger partial charge in [-0.3, -0.25) is 4.72 Å². The molecule has 0 bridgehead atoms. The molecule has 3 aromatic rings. The number of aromatic nitrogens is 1. The van der Waals surface area contributed by atoms with Crippen LogP contribution in [0.25, 0.3) is 10.9 Å². The van der Waals surface area contributed by atoms with Gasteiger partial charge in [0.1, 0.15) is 5.69 Å². The number of carbonyl (C=O) groups excluding carboxylic acids is 1. The van der Waals surface area contributed by atoms with Crippen molar-refractivity contribution in [2.24, 2.45) is 0 Å². The number of nitrogens with one attached hydrogen (secondary N) is 2. The van der Waals surface area contributed by atoms with Crippen molar-refractivity contribution >= 4 is 42.4 Å². The minimum absolute atomic E-state index is 0.0250. The lowest BCUT2D eigenvalue weighted by Crippen LogP contribution is -2.13. The molecule has 0 aliphatic heterocycles. The molecule has 0 fully saturated rings. The SMILES string of the molecule is CCOC(=O)c1cc2cccc(NS(=O)(=O)c3ccc(S(C)(=O)=O)cc3)c2[nH]1. The average Bonchev–Trinajstić information content (AvgIpc) is 3.07. The van der Waals surface area contributed by atoms with Crippen LogP contribution in [0.1, 0.15) is 17.4 Å². The first-order valence-electron chi connectivity index (χ1n) is 8.23. The third-order valence-electron chi connectivity index (χ3n) is 3.96. The number of rotatable bonds is 6. The molecular weight excluding hydrogens is 404 g/mol. The summed E-state index contributed by atoms with van der Waals surface area (Å²) in [6, 6.07) is 11.4. The predicted octanol–water partition coefficient (Wildman–Crippen LogP) is 2.55. The molecule has 0 saturated carbocycles. The zero-order valence-corrected chi connectivity index (χ0v) is 16.7. The average molecular weight is 422 g/mol. The standard InChI is InChI=1S/C18H18N2O6S2/c1-3-26-18(21)16-11-12-5-4-6-15(17(12)19-16)20-28(24,25)14-9-7-13(8-10-14)27(2,22)23/h4-11,19-20H,3H2,1-2H3. The molecule has 148 valence electrons. The van der Waals surface area contributed by atoms with Gasteiger partial charge in [0.05, 0.1) is 27.6 Å². The molecule has 2 aromatic carbocycles. The molecule has 0 saturated heterocycles. The van der Waals surface area contributed by atoms with E-state index in [1.54, 1.807) is 31.2 Å². The van der Waals surface area contributed by atoms with Gasteiger partial charge < -0.3 is 9.72 Å². The van der Waals surface area contributed by atoms with Crippen LogP contribution in [-0.2, 0) is 24.6 Å². The number of para-hydroxylation sites is 1. The van der Waals surface area contributed by atoms with Gasteiger partial charge in [-0.2, -0.15) is 0 Å². The zero-order valence-electron chi connectivity index (χ0n) is 15.1. The van der Waals surface area contributed by atoms with Crippen LogP contribution in [0.4, 0.5) is 5.69 Å². The maximum Gasteiger partial charge on any atom is 0.354 e. The summed E-state index contributed by atoms with van der Waals surface area (Å²) in [6.45, 7) is 1.91. The van der Waals surface area contributed by atoms with Crippen molar-refractivity contribution in [2.45, 2.75) is 16.7 Å². The number of H-pyrrole nitrogens is 1. The summed E-state index contributed by atoms with van der Waals surface area (Å²) in [4.78, 5) is 14.7. The van der Waals surface area contributed by atoms with Gasteiger partial charge in [0.25, 0.3) is 10.0 Å². The zero-order chi connectivity index (χ0) is 20.5. The first kappa shape index (κ1) is 19.9. The lowest BCUT2D eigenvalue weighted by atomic mass is 10.2. The highest BCUT2D eigenvalue weighted by atomic mass is 32.2. The number of ether oxygens (including phenoxy) is 1. The Kier molecular flexibility index (Phi) is 5.18. The Bertz CT molecular complexity index is 1240. The molecule has 1 heterocycles. The van der Waals surface area contributed by atoms with Crippen molar-refractivity contribution in [3.63, 3.8) is 0 Å². The predicted molar refractivity (Wildman–Crippen MR) is 105 cm³/mol. The second-order valence-corrected chi connectivity index (χ2v) is 9.72. The molecule has 8 nitrogen and oxygen atoms in total. The molecule has 3 rings (SSSR count). The van der Waals surface area contributed by atoms with Crippen LogP contribution in [0, 0.1) is 0 Å². The lowest BCUT2D eigenvalue weighted by Gasteiger charge is -2.09. The summed E-state index contributed by atoms with van der Waals surface area (Å²) in [5.41, 5.74) is 0.892. The van der Waals surface area contributed by atoms with Gasteiger partial charge in [-0.05, 0) is 43.3 Å². The quantitative estimate of drug-likeness (QED) is 0.589. The first-order chi connectivity index (χ1) is 13.1. The van der Waals surface area contributed by atoms with Gasteiger partial charge in [0.15, 0.2) is 9.84 Å². The minimum Gasteiger partial charge on any atom is -0.461 e. The smallest absolute Gasteiger partial charge is 0.354 e. The molecule has 0 amide bonds. The van der Waals surface area contributed by atoms with Crippen molar-refractivity contribution in [3.8, 4) is 0 Å². The van der Waals surface area contributed by atoms with Gasteiger partial charge >= 0.3 is 5.97 Å². The summed E-state index contributed by atoms with van der Waals surface area (Å²) < 4.78 is 55.8. The van der Waals surface area contributed by atoms with Crippen LogP contribution in [0.15, 0.2) is 58.3 Å². The van der Waals surface area contributed by atoms with Gasteiger partial charge in [-0.15, -0.1) is 0 Å².